The second-order valence-electron chi connectivity index (χ2n) is 10.1. The highest BCUT2D eigenvalue weighted by Gasteiger charge is 2.30. The first-order valence-corrected chi connectivity index (χ1v) is 15.2. The summed E-state index contributed by atoms with van der Waals surface area (Å²) < 4.78 is 33.0. The maximum absolute atomic E-state index is 13.8. The van der Waals surface area contributed by atoms with E-state index in [1.807, 2.05) is 54.6 Å². The van der Waals surface area contributed by atoms with E-state index >= 15 is 0 Å². The first kappa shape index (κ1) is 30.0. The lowest BCUT2D eigenvalue weighted by Gasteiger charge is -2.31. The number of nitrogens with zero attached hydrogens (tertiary/aromatic N) is 1. The standard InChI is InChI=1S/C32H37N3O5S/c1-3-21-33-32(37)30(22-25-7-5-4-6-8-25)35(23-26-9-16-28(40-2)17-10-26)31(36)20-13-24-11-18-29(19-12-24)41(38,39)34-27-14-15-27/h3-12,16-19,27,30,34H,1,13-15,20-23H2,2H3,(H,33,37). The molecule has 3 aromatic rings. The molecule has 1 fully saturated rings. The molecule has 41 heavy (non-hydrogen) atoms. The number of hydrogen-bond acceptors (Lipinski definition) is 5. The Morgan fingerprint density at radius 1 is 0.976 bits per heavy atom. The maximum Gasteiger partial charge on any atom is 0.243 e. The number of benzene rings is 3. The van der Waals surface area contributed by atoms with Gasteiger partial charge in [0.05, 0.1) is 12.0 Å². The summed E-state index contributed by atoms with van der Waals surface area (Å²) in [6, 6.07) is 22.9. The molecule has 1 unspecified atom stereocenters. The van der Waals surface area contributed by atoms with Crippen molar-refractivity contribution >= 4 is 21.8 Å². The average Bonchev–Trinajstić information content (AvgIpc) is 3.80. The summed E-state index contributed by atoms with van der Waals surface area (Å²) in [4.78, 5) is 29.0. The van der Waals surface area contributed by atoms with Crippen molar-refractivity contribution < 1.29 is 22.7 Å². The van der Waals surface area contributed by atoms with Crippen molar-refractivity contribution in [3.8, 4) is 5.75 Å². The summed E-state index contributed by atoms with van der Waals surface area (Å²) in [7, 11) is -1.95. The summed E-state index contributed by atoms with van der Waals surface area (Å²) in [5.41, 5.74) is 2.64. The second kappa shape index (κ2) is 14.1. The Morgan fingerprint density at radius 3 is 2.24 bits per heavy atom. The lowest BCUT2D eigenvalue weighted by molar-refractivity contribution is -0.141. The summed E-state index contributed by atoms with van der Waals surface area (Å²) >= 11 is 0. The van der Waals surface area contributed by atoms with Crippen LogP contribution in [0.4, 0.5) is 0 Å². The second-order valence-corrected chi connectivity index (χ2v) is 11.9. The van der Waals surface area contributed by atoms with E-state index in [0.717, 1.165) is 29.5 Å². The number of carbonyl (C=O) groups is 2. The highest BCUT2D eigenvalue weighted by molar-refractivity contribution is 7.89. The fourth-order valence-corrected chi connectivity index (χ4v) is 5.80. The first-order valence-electron chi connectivity index (χ1n) is 13.8. The minimum Gasteiger partial charge on any atom is -0.497 e. The largest absolute Gasteiger partial charge is 0.497 e. The molecule has 0 spiro atoms. The molecule has 0 aromatic heterocycles. The fraction of sp³-hybridized carbons (Fsp3) is 0.312. The van der Waals surface area contributed by atoms with Crippen LogP contribution in [0.15, 0.2) is 96.4 Å². The number of amides is 2. The fourth-order valence-electron chi connectivity index (χ4n) is 4.49. The smallest absolute Gasteiger partial charge is 0.243 e. The Labute approximate surface area is 242 Å². The molecular weight excluding hydrogens is 538 g/mol. The van der Waals surface area contributed by atoms with Crippen molar-refractivity contribution in [2.75, 3.05) is 13.7 Å². The van der Waals surface area contributed by atoms with Crippen molar-refractivity contribution in [3.63, 3.8) is 0 Å². The average molecular weight is 576 g/mol. The number of hydrogen-bond donors (Lipinski definition) is 2. The minimum atomic E-state index is -3.54. The van der Waals surface area contributed by atoms with Gasteiger partial charge in [-0.3, -0.25) is 9.59 Å². The van der Waals surface area contributed by atoms with Gasteiger partial charge in [0.25, 0.3) is 0 Å². The van der Waals surface area contributed by atoms with Gasteiger partial charge < -0.3 is 15.0 Å². The number of aryl methyl sites for hydroxylation is 1. The van der Waals surface area contributed by atoms with Gasteiger partial charge in [0.15, 0.2) is 0 Å². The van der Waals surface area contributed by atoms with E-state index in [2.05, 4.69) is 16.6 Å². The molecule has 3 aromatic carbocycles. The van der Waals surface area contributed by atoms with Crippen LogP contribution in [-0.4, -0.2) is 50.9 Å². The Bertz CT molecular complexity index is 1420. The first-order chi connectivity index (χ1) is 19.8. The van der Waals surface area contributed by atoms with Gasteiger partial charge in [-0.05, 0) is 60.2 Å². The number of ether oxygens (including phenoxy) is 1. The van der Waals surface area contributed by atoms with Crippen LogP contribution in [-0.2, 0) is 39.0 Å². The van der Waals surface area contributed by atoms with E-state index in [9.17, 15) is 18.0 Å². The van der Waals surface area contributed by atoms with Gasteiger partial charge in [-0.25, -0.2) is 13.1 Å². The number of rotatable bonds is 15. The van der Waals surface area contributed by atoms with Crippen LogP contribution in [0.2, 0.25) is 0 Å². The summed E-state index contributed by atoms with van der Waals surface area (Å²) in [6.07, 6.45) is 4.25. The molecule has 216 valence electrons. The zero-order valence-electron chi connectivity index (χ0n) is 23.3. The van der Waals surface area contributed by atoms with Crippen molar-refractivity contribution in [2.45, 2.75) is 55.6 Å². The third-order valence-electron chi connectivity index (χ3n) is 6.96. The summed E-state index contributed by atoms with van der Waals surface area (Å²) in [5, 5.41) is 2.87. The molecule has 1 aliphatic rings. The molecule has 0 radical (unpaired) electrons. The van der Waals surface area contributed by atoms with Gasteiger partial charge in [0.1, 0.15) is 11.8 Å². The van der Waals surface area contributed by atoms with Crippen LogP contribution in [0.3, 0.4) is 0 Å². The molecule has 4 rings (SSSR count). The molecule has 1 saturated carbocycles. The van der Waals surface area contributed by atoms with Crippen LogP contribution in [0, 0.1) is 0 Å². The van der Waals surface area contributed by atoms with E-state index in [0.29, 0.717) is 25.1 Å². The lowest BCUT2D eigenvalue weighted by atomic mass is 10.0. The summed E-state index contributed by atoms with van der Waals surface area (Å²) in [5.74, 6) is 0.268. The summed E-state index contributed by atoms with van der Waals surface area (Å²) in [6.45, 7) is 4.23. The Morgan fingerprint density at radius 2 is 1.63 bits per heavy atom. The highest BCUT2D eigenvalue weighted by atomic mass is 32.2. The predicted molar refractivity (Wildman–Crippen MR) is 159 cm³/mol. The van der Waals surface area contributed by atoms with Gasteiger partial charge in [0, 0.05) is 32.0 Å². The van der Waals surface area contributed by atoms with Crippen LogP contribution in [0.1, 0.15) is 36.0 Å². The predicted octanol–water partition coefficient (Wildman–Crippen LogP) is 4.01. The SMILES string of the molecule is C=CCNC(=O)C(Cc1ccccc1)N(Cc1ccc(OC)cc1)C(=O)CCc1ccc(S(=O)(=O)NC2CC2)cc1. The molecule has 0 saturated heterocycles. The van der Waals surface area contributed by atoms with Gasteiger partial charge in [0.2, 0.25) is 21.8 Å². The Balaban J connectivity index is 1.54. The minimum absolute atomic E-state index is 0.0292. The quantitative estimate of drug-likeness (QED) is 0.267. The third-order valence-corrected chi connectivity index (χ3v) is 8.50. The van der Waals surface area contributed by atoms with Gasteiger partial charge in [-0.2, -0.15) is 0 Å². The van der Waals surface area contributed by atoms with Gasteiger partial charge in [-0.15, -0.1) is 6.58 Å². The third kappa shape index (κ3) is 8.77. The zero-order valence-corrected chi connectivity index (χ0v) is 24.1. The number of nitrogens with one attached hydrogen (secondary N) is 2. The van der Waals surface area contributed by atoms with Crippen LogP contribution in [0.25, 0.3) is 0 Å². The van der Waals surface area contributed by atoms with E-state index in [1.54, 1.807) is 42.4 Å². The van der Waals surface area contributed by atoms with Crippen LogP contribution >= 0.6 is 0 Å². The van der Waals surface area contributed by atoms with Crippen molar-refractivity contribution in [2.24, 2.45) is 0 Å². The van der Waals surface area contributed by atoms with E-state index in [-0.39, 0.29) is 35.7 Å². The topological polar surface area (TPSA) is 105 Å². The molecule has 2 N–H and O–H groups in total. The Hall–Kier alpha value is -3.95. The molecule has 0 heterocycles. The zero-order chi connectivity index (χ0) is 29.2. The maximum atomic E-state index is 13.8. The molecule has 0 bridgehead atoms. The van der Waals surface area contributed by atoms with Crippen LogP contribution in [0.5, 0.6) is 5.75 Å². The highest BCUT2D eigenvalue weighted by Crippen LogP contribution is 2.23. The molecular formula is C32H37N3O5S. The monoisotopic (exact) mass is 575 g/mol. The van der Waals surface area contributed by atoms with Crippen LogP contribution < -0.4 is 14.8 Å². The number of sulfonamides is 1. The van der Waals surface area contributed by atoms with Crippen molar-refractivity contribution in [1.29, 1.82) is 0 Å². The van der Waals surface area contributed by atoms with Gasteiger partial charge >= 0.3 is 0 Å². The molecule has 1 aliphatic carbocycles. The number of carbonyl (C=O) groups excluding carboxylic acids is 2. The normalized spacial score (nSPS) is 13.7. The number of methoxy groups -OCH3 is 1. The van der Waals surface area contributed by atoms with E-state index in [1.165, 1.54) is 0 Å². The van der Waals surface area contributed by atoms with Gasteiger partial charge in [-0.1, -0.05) is 60.7 Å². The van der Waals surface area contributed by atoms with Crippen molar-refractivity contribution in [3.05, 3.63) is 108 Å². The molecule has 0 aliphatic heterocycles. The van der Waals surface area contributed by atoms with E-state index in [4.69, 9.17) is 4.74 Å². The van der Waals surface area contributed by atoms with E-state index < -0.39 is 16.1 Å². The lowest BCUT2D eigenvalue weighted by Crippen LogP contribution is -2.50. The van der Waals surface area contributed by atoms with Crippen molar-refractivity contribution in [1.82, 2.24) is 14.9 Å². The molecule has 9 heteroatoms. The molecule has 1 atom stereocenters. The Kier molecular flexibility index (Phi) is 10.3. The molecule has 8 nitrogen and oxygen atoms in total. The molecule has 2 amide bonds.